The highest BCUT2D eigenvalue weighted by Gasteiger charge is 2.33. The van der Waals surface area contributed by atoms with E-state index in [1.807, 2.05) is 0 Å². The maximum absolute atomic E-state index is 12.9. The molecule has 154 valence electrons. The van der Waals surface area contributed by atoms with Crippen molar-refractivity contribution in [2.45, 2.75) is 31.8 Å². The third-order valence-electron chi connectivity index (χ3n) is 3.57. The van der Waals surface area contributed by atoms with Crippen molar-refractivity contribution < 1.29 is 26.4 Å². The second kappa shape index (κ2) is 7.23. The highest BCUT2D eigenvalue weighted by molar-refractivity contribution is 7.90. The maximum atomic E-state index is 12.9. The first kappa shape index (κ1) is 22.5. The summed E-state index contributed by atoms with van der Waals surface area (Å²) in [6.45, 7) is 4.84. The zero-order chi connectivity index (χ0) is 21.7. The molecule has 1 heterocycles. The topological polar surface area (TPSA) is 81.1 Å². The molecule has 0 saturated carbocycles. The van der Waals surface area contributed by atoms with Crippen molar-refractivity contribution in [3.8, 4) is 5.69 Å². The molecule has 0 atom stereocenters. The molecule has 0 aliphatic rings. The van der Waals surface area contributed by atoms with Crippen LogP contribution in [0.2, 0.25) is 10.0 Å². The van der Waals surface area contributed by atoms with Crippen LogP contribution in [0, 0.1) is 5.41 Å². The number of rotatable bonds is 3. The summed E-state index contributed by atoms with van der Waals surface area (Å²) in [7, 11) is -3.83. The summed E-state index contributed by atoms with van der Waals surface area (Å²) < 4.78 is 63.7. The summed E-state index contributed by atoms with van der Waals surface area (Å²) in [5.74, 6) is -0.790. The number of nitrogens with zero attached hydrogens (tertiary/aromatic N) is 2. The summed E-state index contributed by atoms with van der Waals surface area (Å²) in [5, 5.41) is 5.59. The number of hydrogen-bond donors (Lipinski definition) is 1. The number of aromatic nitrogens is 2. The van der Waals surface area contributed by atoms with Crippen LogP contribution < -0.4 is 5.32 Å². The molecular formula is C16H16Cl2F3N3O3S. The van der Waals surface area contributed by atoms with Gasteiger partial charge in [0.15, 0.2) is 15.7 Å². The second-order valence-electron chi connectivity index (χ2n) is 7.05. The molecule has 1 amide bonds. The molecule has 0 aliphatic heterocycles. The number of amides is 1. The van der Waals surface area contributed by atoms with Crippen LogP contribution in [0.3, 0.4) is 0 Å². The van der Waals surface area contributed by atoms with Crippen LogP contribution in [0.1, 0.15) is 26.3 Å². The predicted octanol–water partition coefficient (Wildman–Crippen LogP) is 4.59. The minimum Gasteiger partial charge on any atom is -0.308 e. The fourth-order valence-electron chi connectivity index (χ4n) is 2.07. The van der Waals surface area contributed by atoms with Crippen LogP contribution in [0.15, 0.2) is 23.2 Å². The van der Waals surface area contributed by atoms with E-state index in [9.17, 15) is 26.4 Å². The van der Waals surface area contributed by atoms with Crippen molar-refractivity contribution in [1.29, 1.82) is 0 Å². The molecule has 1 aromatic heterocycles. The lowest BCUT2D eigenvalue weighted by Gasteiger charge is -2.16. The van der Waals surface area contributed by atoms with E-state index in [-0.39, 0.29) is 16.4 Å². The number of benzene rings is 1. The van der Waals surface area contributed by atoms with Crippen LogP contribution in [0.25, 0.3) is 5.69 Å². The highest BCUT2D eigenvalue weighted by atomic mass is 35.5. The van der Waals surface area contributed by atoms with E-state index in [2.05, 4.69) is 10.4 Å². The van der Waals surface area contributed by atoms with Crippen LogP contribution in [0.5, 0.6) is 0 Å². The van der Waals surface area contributed by atoms with Gasteiger partial charge in [0.05, 0.1) is 21.8 Å². The van der Waals surface area contributed by atoms with Crippen molar-refractivity contribution in [3.05, 3.63) is 33.9 Å². The van der Waals surface area contributed by atoms with Gasteiger partial charge in [0.2, 0.25) is 5.91 Å². The van der Waals surface area contributed by atoms with E-state index in [0.717, 1.165) is 17.1 Å². The molecule has 0 saturated heterocycles. The van der Waals surface area contributed by atoms with E-state index >= 15 is 0 Å². The zero-order valence-electron chi connectivity index (χ0n) is 15.1. The molecule has 0 spiro atoms. The minimum atomic E-state index is -4.67. The van der Waals surface area contributed by atoms with Crippen LogP contribution in [-0.2, 0) is 20.8 Å². The molecule has 2 aromatic rings. The Labute approximate surface area is 169 Å². The number of sulfone groups is 1. The average molecular weight is 458 g/mol. The Morgan fingerprint density at radius 3 is 2.04 bits per heavy atom. The number of halogens is 5. The number of alkyl halides is 3. The Morgan fingerprint density at radius 1 is 1.14 bits per heavy atom. The van der Waals surface area contributed by atoms with E-state index in [1.165, 1.54) is 0 Å². The standard InChI is InChI=1S/C16H16Cl2F3N3O3S/c1-15(2,3)14(25)22-13-11(28(4,26)27)7-24(23-13)12-9(17)5-8(6-10(12)18)16(19,20)21/h5-7H,1-4H3,(H,22,23,25). The van der Waals surface area contributed by atoms with Gasteiger partial charge in [-0.05, 0) is 12.1 Å². The summed E-state index contributed by atoms with van der Waals surface area (Å²) in [4.78, 5) is 11.9. The molecule has 0 unspecified atom stereocenters. The predicted molar refractivity (Wildman–Crippen MR) is 99.8 cm³/mol. The lowest BCUT2D eigenvalue weighted by molar-refractivity contribution is -0.137. The Hall–Kier alpha value is -1.78. The molecule has 1 aromatic carbocycles. The van der Waals surface area contributed by atoms with E-state index in [1.54, 1.807) is 20.8 Å². The smallest absolute Gasteiger partial charge is 0.308 e. The Bertz CT molecular complexity index is 1020. The maximum Gasteiger partial charge on any atom is 0.416 e. The molecular weight excluding hydrogens is 442 g/mol. The lowest BCUT2D eigenvalue weighted by Crippen LogP contribution is -2.28. The fourth-order valence-corrected chi connectivity index (χ4v) is 3.47. The van der Waals surface area contributed by atoms with E-state index in [0.29, 0.717) is 12.1 Å². The van der Waals surface area contributed by atoms with Crippen molar-refractivity contribution >= 4 is 44.8 Å². The van der Waals surface area contributed by atoms with Gasteiger partial charge in [0.1, 0.15) is 10.6 Å². The molecule has 28 heavy (non-hydrogen) atoms. The Kier molecular flexibility index (Phi) is 5.82. The first-order chi connectivity index (χ1) is 12.5. The monoisotopic (exact) mass is 457 g/mol. The first-order valence-corrected chi connectivity index (χ1v) is 10.3. The Balaban J connectivity index is 2.64. The summed E-state index contributed by atoms with van der Waals surface area (Å²) in [5.41, 5.74) is -2.07. The van der Waals surface area contributed by atoms with Crippen LogP contribution in [-0.4, -0.2) is 30.4 Å². The van der Waals surface area contributed by atoms with Gasteiger partial charge in [-0.15, -0.1) is 5.10 Å². The largest absolute Gasteiger partial charge is 0.416 e. The first-order valence-electron chi connectivity index (χ1n) is 7.69. The number of anilines is 1. The Morgan fingerprint density at radius 2 is 1.64 bits per heavy atom. The number of carbonyl (C=O) groups excluding carboxylic acids is 1. The molecule has 2 rings (SSSR count). The van der Waals surface area contributed by atoms with Gasteiger partial charge in [-0.2, -0.15) is 13.2 Å². The van der Waals surface area contributed by atoms with Gasteiger partial charge in [-0.1, -0.05) is 44.0 Å². The van der Waals surface area contributed by atoms with Gasteiger partial charge in [0.25, 0.3) is 0 Å². The molecule has 0 aliphatic carbocycles. The fraction of sp³-hybridized carbons (Fsp3) is 0.375. The average Bonchev–Trinajstić information content (AvgIpc) is 2.88. The zero-order valence-corrected chi connectivity index (χ0v) is 17.5. The van der Waals surface area contributed by atoms with Crippen LogP contribution in [0.4, 0.5) is 19.0 Å². The van der Waals surface area contributed by atoms with Crippen molar-refractivity contribution in [2.75, 3.05) is 11.6 Å². The molecule has 1 N–H and O–H groups in total. The van der Waals surface area contributed by atoms with Crippen molar-refractivity contribution in [1.82, 2.24) is 9.78 Å². The van der Waals surface area contributed by atoms with Crippen molar-refractivity contribution in [3.63, 3.8) is 0 Å². The number of hydrogen-bond acceptors (Lipinski definition) is 4. The third-order valence-corrected chi connectivity index (χ3v) is 5.24. The van der Waals surface area contributed by atoms with Gasteiger partial charge < -0.3 is 5.32 Å². The molecule has 12 heteroatoms. The SMILES string of the molecule is CC(C)(C)C(=O)Nc1nn(-c2c(Cl)cc(C(F)(F)F)cc2Cl)cc1S(C)(=O)=O. The molecule has 6 nitrogen and oxygen atoms in total. The number of carbonyl (C=O) groups is 1. The van der Waals surface area contributed by atoms with Gasteiger partial charge in [-0.25, -0.2) is 13.1 Å². The normalized spacial score (nSPS) is 12.9. The molecule has 0 radical (unpaired) electrons. The van der Waals surface area contributed by atoms with E-state index < -0.39 is 42.9 Å². The number of nitrogens with one attached hydrogen (secondary N) is 1. The van der Waals surface area contributed by atoms with Crippen molar-refractivity contribution in [2.24, 2.45) is 5.41 Å². The lowest BCUT2D eigenvalue weighted by atomic mass is 9.96. The second-order valence-corrected chi connectivity index (χ2v) is 9.85. The van der Waals surface area contributed by atoms with E-state index in [4.69, 9.17) is 23.2 Å². The van der Waals surface area contributed by atoms with Crippen LogP contribution >= 0.6 is 23.2 Å². The van der Waals surface area contributed by atoms with Gasteiger partial charge >= 0.3 is 6.18 Å². The minimum absolute atomic E-state index is 0.155. The summed E-state index contributed by atoms with van der Waals surface area (Å²) in [6, 6.07) is 1.30. The summed E-state index contributed by atoms with van der Waals surface area (Å²) >= 11 is 11.9. The highest BCUT2D eigenvalue weighted by Crippen LogP contribution is 2.38. The summed E-state index contributed by atoms with van der Waals surface area (Å²) in [6.07, 6.45) is -2.75. The van der Waals surface area contributed by atoms with Gasteiger partial charge in [0, 0.05) is 11.7 Å². The third kappa shape index (κ3) is 4.79. The molecule has 0 bridgehead atoms. The van der Waals surface area contributed by atoms with Gasteiger partial charge in [-0.3, -0.25) is 4.79 Å². The molecule has 0 fully saturated rings. The quantitative estimate of drug-likeness (QED) is 0.730.